The Labute approximate surface area is 142 Å². The number of ketones is 1. The van der Waals surface area contributed by atoms with Crippen LogP contribution in [0.4, 0.5) is 0 Å². The first kappa shape index (κ1) is 21.1. The van der Waals surface area contributed by atoms with Gasteiger partial charge in [-0.2, -0.15) is 0 Å². The van der Waals surface area contributed by atoms with Gasteiger partial charge in [-0.3, -0.25) is 4.79 Å². The number of unbranched alkanes of at least 4 members (excludes halogenated alkanes) is 6. The summed E-state index contributed by atoms with van der Waals surface area (Å²) in [5.74, 6) is 0.234. The topological polar surface area (TPSA) is 43.1 Å². The maximum atomic E-state index is 12.4. The summed E-state index contributed by atoms with van der Waals surface area (Å²) in [6, 6.07) is 7.76. The summed E-state index contributed by atoms with van der Waals surface area (Å²) >= 11 is 0. The van der Waals surface area contributed by atoms with E-state index in [4.69, 9.17) is 5.73 Å². The van der Waals surface area contributed by atoms with Crippen LogP contribution in [-0.2, 0) is 5.54 Å². The van der Waals surface area contributed by atoms with Crippen molar-refractivity contribution in [2.75, 3.05) is 0 Å². The highest BCUT2D eigenvalue weighted by Crippen LogP contribution is 2.23. The summed E-state index contributed by atoms with van der Waals surface area (Å²) in [7, 11) is 0. The molecule has 0 bridgehead atoms. The number of hydrogen-bond donors (Lipinski definition) is 1. The highest BCUT2D eigenvalue weighted by molar-refractivity contribution is 5.97. The third-order valence-corrected chi connectivity index (χ3v) is 3.93. The Morgan fingerprint density at radius 2 is 1.55 bits per heavy atom. The molecule has 0 aliphatic rings. The maximum Gasteiger partial charge on any atom is 0.163 e. The third kappa shape index (κ3) is 7.42. The lowest BCUT2D eigenvalue weighted by Crippen LogP contribution is -2.30. The van der Waals surface area contributed by atoms with Crippen LogP contribution in [0.15, 0.2) is 24.3 Å². The van der Waals surface area contributed by atoms with Crippen molar-refractivity contribution in [3.63, 3.8) is 0 Å². The average molecular weight is 326 g/mol. The lowest BCUT2D eigenvalue weighted by Gasteiger charge is -2.22. The van der Waals surface area contributed by atoms with Crippen LogP contribution in [0.2, 0.25) is 0 Å². The van der Waals surface area contributed by atoms with Crippen LogP contribution in [0.25, 0.3) is 0 Å². The number of benzene rings is 1. The van der Waals surface area contributed by atoms with E-state index < -0.39 is 5.54 Å². The second-order valence-electron chi connectivity index (χ2n) is 6.56. The minimum Gasteiger partial charge on any atom is -0.322 e. The molecule has 0 atom stereocenters. The molecule has 0 aliphatic carbocycles. The Balaban J connectivity index is 0.00000441. The van der Waals surface area contributed by atoms with E-state index in [-0.39, 0.29) is 18.2 Å². The predicted molar refractivity (Wildman–Crippen MR) is 97.8 cm³/mol. The first-order valence-electron chi connectivity index (χ1n) is 8.38. The number of nitrogens with two attached hydrogens (primary N) is 1. The van der Waals surface area contributed by atoms with Crippen molar-refractivity contribution in [2.45, 2.75) is 77.7 Å². The minimum absolute atomic E-state index is 0. The molecule has 0 saturated heterocycles. The van der Waals surface area contributed by atoms with Crippen molar-refractivity contribution in [3.05, 3.63) is 35.4 Å². The van der Waals surface area contributed by atoms with Gasteiger partial charge in [0.25, 0.3) is 0 Å². The molecule has 0 unspecified atom stereocenters. The zero-order chi connectivity index (χ0) is 15.7. The van der Waals surface area contributed by atoms with Gasteiger partial charge in [-0.1, -0.05) is 69.7 Å². The Morgan fingerprint density at radius 1 is 1.00 bits per heavy atom. The third-order valence-electron chi connectivity index (χ3n) is 3.93. The van der Waals surface area contributed by atoms with Crippen molar-refractivity contribution in [2.24, 2.45) is 5.73 Å². The Kier molecular flexibility index (Phi) is 10.4. The Morgan fingerprint density at radius 3 is 2.14 bits per heavy atom. The molecular formula is C19H32ClNO. The van der Waals surface area contributed by atoms with Crippen molar-refractivity contribution in [3.8, 4) is 0 Å². The van der Waals surface area contributed by atoms with Gasteiger partial charge < -0.3 is 5.73 Å². The number of carbonyl (C=O) groups is 1. The van der Waals surface area contributed by atoms with E-state index in [2.05, 4.69) is 6.92 Å². The van der Waals surface area contributed by atoms with Crippen molar-refractivity contribution < 1.29 is 4.79 Å². The molecule has 0 fully saturated rings. The fourth-order valence-corrected chi connectivity index (χ4v) is 2.67. The van der Waals surface area contributed by atoms with Gasteiger partial charge in [-0.15, -0.1) is 12.4 Å². The van der Waals surface area contributed by atoms with Gasteiger partial charge in [-0.25, -0.2) is 0 Å². The van der Waals surface area contributed by atoms with E-state index in [1.165, 1.54) is 32.1 Å². The number of carbonyl (C=O) groups excluding carboxylic acids is 1. The average Bonchev–Trinajstić information content (AvgIpc) is 2.45. The molecule has 0 aliphatic heterocycles. The fraction of sp³-hybridized carbons (Fsp3) is 0.632. The van der Waals surface area contributed by atoms with Gasteiger partial charge in [0.15, 0.2) is 5.78 Å². The highest BCUT2D eigenvalue weighted by Gasteiger charge is 2.20. The quantitative estimate of drug-likeness (QED) is 0.447. The molecule has 0 radical (unpaired) electrons. The van der Waals surface area contributed by atoms with E-state index in [9.17, 15) is 4.79 Å². The summed E-state index contributed by atoms with van der Waals surface area (Å²) in [5, 5.41) is 0. The van der Waals surface area contributed by atoms with Crippen LogP contribution >= 0.6 is 12.4 Å². The van der Waals surface area contributed by atoms with Gasteiger partial charge in [0.1, 0.15) is 0 Å². The Hall–Kier alpha value is -0.860. The molecule has 2 N–H and O–H groups in total. The highest BCUT2D eigenvalue weighted by atomic mass is 35.5. The largest absolute Gasteiger partial charge is 0.322 e. The first-order valence-corrected chi connectivity index (χ1v) is 8.38. The molecule has 126 valence electrons. The van der Waals surface area contributed by atoms with Crippen LogP contribution in [0.1, 0.15) is 88.1 Å². The van der Waals surface area contributed by atoms with Crippen LogP contribution < -0.4 is 5.73 Å². The molecule has 0 amide bonds. The van der Waals surface area contributed by atoms with E-state index in [0.717, 1.165) is 24.0 Å². The SMILES string of the molecule is CCCCCCCCCC(=O)c1ccccc1C(C)(C)N.Cl. The van der Waals surface area contributed by atoms with Crippen molar-refractivity contribution >= 4 is 18.2 Å². The summed E-state index contributed by atoms with van der Waals surface area (Å²) < 4.78 is 0. The maximum absolute atomic E-state index is 12.4. The number of halogens is 1. The van der Waals surface area contributed by atoms with Crippen molar-refractivity contribution in [1.29, 1.82) is 0 Å². The second-order valence-corrected chi connectivity index (χ2v) is 6.56. The molecule has 1 rings (SSSR count). The van der Waals surface area contributed by atoms with Gasteiger partial charge in [0.2, 0.25) is 0 Å². The van der Waals surface area contributed by atoms with E-state index in [0.29, 0.717) is 6.42 Å². The number of hydrogen-bond acceptors (Lipinski definition) is 2. The minimum atomic E-state index is -0.466. The Bertz CT molecular complexity index is 437. The fourth-order valence-electron chi connectivity index (χ4n) is 2.67. The standard InChI is InChI=1S/C19H31NO.ClH/c1-4-5-6-7-8-9-10-15-18(21)16-13-11-12-14-17(16)19(2,3)20;/h11-14H,4-10,15,20H2,1-3H3;1H. The molecule has 2 nitrogen and oxygen atoms in total. The lowest BCUT2D eigenvalue weighted by atomic mass is 9.88. The summed E-state index contributed by atoms with van der Waals surface area (Å²) in [6.45, 7) is 6.13. The molecule has 0 saturated carbocycles. The lowest BCUT2D eigenvalue weighted by molar-refractivity contribution is 0.0977. The molecule has 22 heavy (non-hydrogen) atoms. The van der Waals surface area contributed by atoms with E-state index in [1.807, 2.05) is 38.1 Å². The monoisotopic (exact) mass is 325 g/mol. The van der Waals surface area contributed by atoms with Gasteiger partial charge in [0, 0.05) is 17.5 Å². The first-order chi connectivity index (χ1) is 9.96. The zero-order valence-electron chi connectivity index (χ0n) is 14.4. The molecular weight excluding hydrogens is 294 g/mol. The summed E-state index contributed by atoms with van der Waals surface area (Å²) in [4.78, 5) is 12.4. The van der Waals surface area contributed by atoms with Gasteiger partial charge in [0.05, 0.1) is 0 Å². The predicted octanol–water partition coefficient (Wildman–Crippen LogP) is 5.63. The smallest absolute Gasteiger partial charge is 0.163 e. The molecule has 0 aromatic heterocycles. The second kappa shape index (κ2) is 10.8. The molecule has 1 aromatic carbocycles. The molecule has 0 spiro atoms. The van der Waals surface area contributed by atoms with Crippen LogP contribution in [0.3, 0.4) is 0 Å². The number of Topliss-reactive ketones (excluding diaryl/α,β-unsaturated/α-hetero) is 1. The summed E-state index contributed by atoms with van der Waals surface area (Å²) in [6.07, 6.45) is 9.28. The molecule has 0 heterocycles. The van der Waals surface area contributed by atoms with Crippen LogP contribution in [-0.4, -0.2) is 5.78 Å². The van der Waals surface area contributed by atoms with Crippen LogP contribution in [0.5, 0.6) is 0 Å². The van der Waals surface area contributed by atoms with Crippen LogP contribution in [0, 0.1) is 0 Å². The molecule has 1 aromatic rings. The van der Waals surface area contributed by atoms with E-state index >= 15 is 0 Å². The number of rotatable bonds is 10. The van der Waals surface area contributed by atoms with Crippen molar-refractivity contribution in [1.82, 2.24) is 0 Å². The zero-order valence-corrected chi connectivity index (χ0v) is 15.2. The molecule has 3 heteroatoms. The normalized spacial score (nSPS) is 11.1. The summed E-state index contributed by atoms with van der Waals surface area (Å²) in [5.41, 5.74) is 7.46. The van der Waals surface area contributed by atoms with Gasteiger partial charge in [-0.05, 0) is 25.8 Å². The van der Waals surface area contributed by atoms with Gasteiger partial charge >= 0.3 is 0 Å². The van der Waals surface area contributed by atoms with E-state index in [1.54, 1.807) is 0 Å².